The maximum absolute atomic E-state index is 12.8. The van der Waals surface area contributed by atoms with Crippen molar-refractivity contribution >= 4 is 11.6 Å². The van der Waals surface area contributed by atoms with Crippen LogP contribution in [0, 0.1) is 6.92 Å². The molecule has 8 nitrogen and oxygen atoms in total. The van der Waals surface area contributed by atoms with E-state index < -0.39 is 0 Å². The number of nitrogens with zero attached hydrogens (tertiary/aromatic N) is 6. The summed E-state index contributed by atoms with van der Waals surface area (Å²) in [4.78, 5) is 31.9. The number of aromatic nitrogens is 5. The Balaban J connectivity index is 1.26. The number of hydrogen-bond donors (Lipinski definition) is 0. The van der Waals surface area contributed by atoms with Gasteiger partial charge in [-0.2, -0.15) is 0 Å². The van der Waals surface area contributed by atoms with Crippen molar-refractivity contribution in [2.45, 2.75) is 58.0 Å². The summed E-state index contributed by atoms with van der Waals surface area (Å²) in [5, 5.41) is 4.31. The Morgan fingerprint density at radius 1 is 1.24 bits per heavy atom. The number of rotatable bonds is 4. The summed E-state index contributed by atoms with van der Waals surface area (Å²) in [6.07, 6.45) is 7.57. The van der Waals surface area contributed by atoms with Crippen molar-refractivity contribution in [1.29, 1.82) is 0 Å². The number of amides is 1. The molecule has 1 saturated heterocycles. The largest absolute Gasteiger partial charge is 0.350 e. The first-order valence-electron chi connectivity index (χ1n) is 10.5. The van der Waals surface area contributed by atoms with Crippen LogP contribution in [0.1, 0.15) is 48.9 Å². The van der Waals surface area contributed by atoms with Gasteiger partial charge in [0.2, 0.25) is 5.91 Å². The van der Waals surface area contributed by atoms with Gasteiger partial charge >= 0.3 is 5.69 Å². The normalized spacial score (nSPS) is 19.1. The summed E-state index contributed by atoms with van der Waals surface area (Å²) in [7, 11) is 0. The average molecular weight is 394 g/mol. The summed E-state index contributed by atoms with van der Waals surface area (Å²) in [6, 6.07) is 5.75. The average Bonchev–Trinajstić information content (AvgIpc) is 3.41. The molecule has 0 bridgehead atoms. The molecule has 1 aliphatic heterocycles. The Kier molecular flexibility index (Phi) is 4.49. The third-order valence-electron chi connectivity index (χ3n) is 6.25. The lowest BCUT2D eigenvalue weighted by Gasteiger charge is -2.21. The monoisotopic (exact) mass is 394 g/mol. The number of aryl methyl sites for hydroxylation is 3. The number of carbonyl (C=O) groups excluding carboxylic acids is 1. The molecule has 8 heteroatoms. The number of hydrogen-bond acceptors (Lipinski definition) is 4. The Morgan fingerprint density at radius 2 is 2.10 bits per heavy atom. The Hall–Kier alpha value is -2.90. The van der Waals surface area contributed by atoms with Gasteiger partial charge in [-0.15, -0.1) is 5.10 Å². The molecule has 0 radical (unpaired) electrons. The zero-order valence-electron chi connectivity index (χ0n) is 16.8. The van der Waals surface area contributed by atoms with Gasteiger partial charge in [0.15, 0.2) is 5.65 Å². The van der Waals surface area contributed by atoms with Crippen LogP contribution in [-0.4, -0.2) is 47.6 Å². The van der Waals surface area contributed by atoms with Gasteiger partial charge in [0.1, 0.15) is 5.82 Å². The first-order valence-corrected chi connectivity index (χ1v) is 10.5. The molecular weight excluding hydrogens is 368 g/mol. The lowest BCUT2D eigenvalue weighted by molar-refractivity contribution is -0.130. The fraction of sp³-hybridized carbons (Fsp3) is 0.524. The maximum Gasteiger partial charge on any atom is 0.350 e. The molecule has 3 aromatic rings. The molecular formula is C21H26N6O2. The van der Waals surface area contributed by atoms with E-state index in [1.165, 1.54) is 33.3 Å². The smallest absolute Gasteiger partial charge is 0.340 e. The standard InChI is InChI=1S/C21H26N6O2/c1-15-22-17-6-2-3-7-18(17)27(15)16-9-12-24(14-16)20(28)10-13-26-21(29)25-11-5-4-8-19(25)23-26/h4-5,8,11,16H,2-3,6-7,9-10,12-14H2,1H3/t16-/m1/s1. The second-order valence-electron chi connectivity index (χ2n) is 8.10. The van der Waals surface area contributed by atoms with Gasteiger partial charge < -0.3 is 9.47 Å². The zero-order chi connectivity index (χ0) is 20.0. The molecule has 5 rings (SSSR count). The van der Waals surface area contributed by atoms with E-state index in [-0.39, 0.29) is 18.0 Å². The SMILES string of the molecule is Cc1nc2c(n1[C@@H]1CCN(C(=O)CCn3nc4ccccn4c3=O)C1)CCCC2. The van der Waals surface area contributed by atoms with E-state index in [2.05, 4.69) is 16.6 Å². The van der Waals surface area contributed by atoms with Gasteiger partial charge in [0, 0.05) is 31.4 Å². The van der Waals surface area contributed by atoms with Crippen molar-refractivity contribution < 1.29 is 4.79 Å². The number of imidazole rings is 1. The van der Waals surface area contributed by atoms with E-state index in [4.69, 9.17) is 4.98 Å². The lowest BCUT2D eigenvalue weighted by Crippen LogP contribution is -2.31. The summed E-state index contributed by atoms with van der Waals surface area (Å²) >= 11 is 0. The van der Waals surface area contributed by atoms with Crippen LogP contribution in [0.5, 0.6) is 0 Å². The van der Waals surface area contributed by atoms with Crippen LogP contribution in [0.4, 0.5) is 0 Å². The Morgan fingerprint density at radius 3 is 2.97 bits per heavy atom. The molecule has 152 valence electrons. The molecule has 1 fully saturated rings. The minimum atomic E-state index is -0.201. The van der Waals surface area contributed by atoms with Gasteiger partial charge in [0.05, 0.1) is 18.3 Å². The van der Waals surface area contributed by atoms with Crippen LogP contribution in [0.25, 0.3) is 5.65 Å². The van der Waals surface area contributed by atoms with Gasteiger partial charge in [0.25, 0.3) is 0 Å². The fourth-order valence-corrected chi connectivity index (χ4v) is 4.84. The summed E-state index contributed by atoms with van der Waals surface area (Å²) in [6.45, 7) is 3.87. The summed E-state index contributed by atoms with van der Waals surface area (Å²) in [5.74, 6) is 1.16. The van der Waals surface area contributed by atoms with Crippen molar-refractivity contribution in [3.05, 3.63) is 52.1 Å². The summed E-state index contributed by atoms with van der Waals surface area (Å²) < 4.78 is 5.27. The first kappa shape index (κ1) is 18.1. The maximum atomic E-state index is 12.8. The third-order valence-corrected chi connectivity index (χ3v) is 6.25. The molecule has 0 saturated carbocycles. The molecule has 0 aromatic carbocycles. The van der Waals surface area contributed by atoms with E-state index in [9.17, 15) is 9.59 Å². The van der Waals surface area contributed by atoms with Crippen LogP contribution < -0.4 is 5.69 Å². The number of carbonyl (C=O) groups is 1. The highest BCUT2D eigenvalue weighted by atomic mass is 16.2. The highest BCUT2D eigenvalue weighted by Gasteiger charge is 2.31. The van der Waals surface area contributed by atoms with E-state index in [0.29, 0.717) is 18.2 Å². The molecule has 0 spiro atoms. The molecule has 4 heterocycles. The van der Waals surface area contributed by atoms with Crippen molar-refractivity contribution in [1.82, 2.24) is 28.6 Å². The van der Waals surface area contributed by atoms with Gasteiger partial charge in [-0.05, 0) is 51.2 Å². The van der Waals surface area contributed by atoms with E-state index in [1.807, 2.05) is 11.0 Å². The highest BCUT2D eigenvalue weighted by molar-refractivity contribution is 5.76. The van der Waals surface area contributed by atoms with Gasteiger partial charge in [-0.1, -0.05) is 6.07 Å². The van der Waals surface area contributed by atoms with Crippen LogP contribution in [0.15, 0.2) is 29.2 Å². The highest BCUT2D eigenvalue weighted by Crippen LogP contribution is 2.30. The zero-order valence-corrected chi connectivity index (χ0v) is 16.8. The molecule has 29 heavy (non-hydrogen) atoms. The molecule has 3 aromatic heterocycles. The van der Waals surface area contributed by atoms with Crippen molar-refractivity contribution in [3.63, 3.8) is 0 Å². The second kappa shape index (κ2) is 7.17. The molecule has 0 unspecified atom stereocenters. The van der Waals surface area contributed by atoms with Crippen LogP contribution >= 0.6 is 0 Å². The van der Waals surface area contributed by atoms with Crippen molar-refractivity contribution in [3.8, 4) is 0 Å². The van der Waals surface area contributed by atoms with E-state index in [0.717, 1.165) is 38.2 Å². The van der Waals surface area contributed by atoms with Crippen molar-refractivity contribution in [2.24, 2.45) is 0 Å². The predicted molar refractivity (Wildman–Crippen MR) is 108 cm³/mol. The fourth-order valence-electron chi connectivity index (χ4n) is 4.84. The van der Waals surface area contributed by atoms with Crippen LogP contribution in [-0.2, 0) is 24.2 Å². The third kappa shape index (κ3) is 3.16. The molecule has 0 N–H and O–H groups in total. The molecule has 1 atom stereocenters. The van der Waals surface area contributed by atoms with Crippen LogP contribution in [0.3, 0.4) is 0 Å². The predicted octanol–water partition coefficient (Wildman–Crippen LogP) is 1.74. The lowest BCUT2D eigenvalue weighted by atomic mass is 10.0. The Labute approximate surface area is 168 Å². The first-order chi connectivity index (χ1) is 14.1. The minimum Gasteiger partial charge on any atom is -0.340 e. The minimum absolute atomic E-state index is 0.0862. The number of pyridine rings is 1. The van der Waals surface area contributed by atoms with E-state index >= 15 is 0 Å². The van der Waals surface area contributed by atoms with Crippen LogP contribution in [0.2, 0.25) is 0 Å². The molecule has 2 aliphatic rings. The topological polar surface area (TPSA) is 77.4 Å². The number of likely N-dealkylation sites (tertiary alicyclic amines) is 1. The quantitative estimate of drug-likeness (QED) is 0.675. The van der Waals surface area contributed by atoms with Crippen molar-refractivity contribution in [2.75, 3.05) is 13.1 Å². The number of fused-ring (bicyclic) bond motifs is 2. The molecule has 1 amide bonds. The Bertz CT molecular complexity index is 1120. The molecule has 1 aliphatic carbocycles. The van der Waals surface area contributed by atoms with Gasteiger partial charge in [-0.25, -0.2) is 14.5 Å². The summed E-state index contributed by atoms with van der Waals surface area (Å²) in [5.41, 5.74) is 3.04. The van der Waals surface area contributed by atoms with E-state index in [1.54, 1.807) is 18.3 Å². The van der Waals surface area contributed by atoms with Gasteiger partial charge in [-0.3, -0.25) is 9.20 Å². The second-order valence-corrected chi connectivity index (χ2v) is 8.10.